The Labute approximate surface area is 114 Å². The highest BCUT2D eigenvalue weighted by molar-refractivity contribution is 5.86. The molecule has 2 rings (SSSR count). The summed E-state index contributed by atoms with van der Waals surface area (Å²) in [4.78, 5) is 0. The quantitative estimate of drug-likeness (QED) is 0.841. The largest absolute Gasteiger partial charge is 0.313 e. The van der Waals surface area contributed by atoms with Crippen LogP contribution >= 0.6 is 0 Å². The molecule has 0 aromatic heterocycles. The van der Waals surface area contributed by atoms with Gasteiger partial charge in [0.05, 0.1) is 0 Å². The average Bonchev–Trinajstić information content (AvgIpc) is 2.42. The number of hydrogen-bond acceptors (Lipinski definition) is 1. The molecule has 1 atom stereocenters. The summed E-state index contributed by atoms with van der Waals surface area (Å²) in [6.45, 7) is 6.68. The van der Waals surface area contributed by atoms with Crippen LogP contribution in [0, 0.1) is 11.2 Å². The zero-order valence-corrected chi connectivity index (χ0v) is 12.1. The molecule has 1 N–H and O–H groups in total. The molecule has 0 aliphatic heterocycles. The predicted octanol–water partition coefficient (Wildman–Crippen LogP) is 4.68. The van der Waals surface area contributed by atoms with Crippen molar-refractivity contribution < 1.29 is 4.39 Å². The van der Waals surface area contributed by atoms with Crippen LogP contribution < -0.4 is 5.32 Å². The van der Waals surface area contributed by atoms with E-state index in [0.717, 1.165) is 11.8 Å². The van der Waals surface area contributed by atoms with Gasteiger partial charge in [-0.3, -0.25) is 0 Å². The van der Waals surface area contributed by atoms with E-state index in [1.54, 1.807) is 6.07 Å². The SMILES string of the molecule is CCC(C)(C)C(NC)c1ccc(F)c2ccccc12. The molecule has 1 unspecified atom stereocenters. The van der Waals surface area contributed by atoms with E-state index in [0.29, 0.717) is 5.39 Å². The van der Waals surface area contributed by atoms with Crippen molar-refractivity contribution in [3.63, 3.8) is 0 Å². The first-order valence-electron chi connectivity index (χ1n) is 6.85. The minimum absolute atomic E-state index is 0.120. The van der Waals surface area contributed by atoms with E-state index in [-0.39, 0.29) is 17.3 Å². The number of halogens is 1. The Balaban J connectivity index is 2.65. The van der Waals surface area contributed by atoms with Crippen LogP contribution in [0.3, 0.4) is 0 Å². The summed E-state index contributed by atoms with van der Waals surface area (Å²) in [5.41, 5.74) is 1.29. The Morgan fingerprint density at radius 3 is 2.32 bits per heavy atom. The van der Waals surface area contributed by atoms with Crippen LogP contribution in [-0.4, -0.2) is 7.05 Å². The van der Waals surface area contributed by atoms with Crippen LogP contribution in [0.25, 0.3) is 10.8 Å². The molecular formula is C17H22FN. The Morgan fingerprint density at radius 1 is 1.11 bits per heavy atom. The lowest BCUT2D eigenvalue weighted by atomic mass is 9.77. The van der Waals surface area contributed by atoms with Crippen molar-refractivity contribution in [3.05, 3.63) is 47.8 Å². The molecule has 2 aromatic rings. The average molecular weight is 259 g/mol. The number of hydrogen-bond donors (Lipinski definition) is 1. The van der Waals surface area contributed by atoms with Crippen LogP contribution in [0.15, 0.2) is 36.4 Å². The van der Waals surface area contributed by atoms with Crippen molar-refractivity contribution in [2.75, 3.05) is 7.05 Å². The molecule has 0 bridgehead atoms. The second-order valence-corrected chi connectivity index (χ2v) is 5.75. The van der Waals surface area contributed by atoms with Crippen LogP contribution in [-0.2, 0) is 0 Å². The third-order valence-electron chi connectivity index (χ3n) is 4.20. The number of rotatable bonds is 4. The van der Waals surface area contributed by atoms with E-state index in [4.69, 9.17) is 0 Å². The van der Waals surface area contributed by atoms with Crippen LogP contribution in [0.2, 0.25) is 0 Å². The van der Waals surface area contributed by atoms with Crippen molar-refractivity contribution in [2.45, 2.75) is 33.2 Å². The zero-order chi connectivity index (χ0) is 14.0. The van der Waals surface area contributed by atoms with Crippen LogP contribution in [0.1, 0.15) is 38.8 Å². The van der Waals surface area contributed by atoms with Gasteiger partial charge in [0.1, 0.15) is 5.82 Å². The molecule has 0 heterocycles. The molecule has 0 aliphatic rings. The van der Waals surface area contributed by atoms with Gasteiger partial charge in [0.2, 0.25) is 0 Å². The van der Waals surface area contributed by atoms with Gasteiger partial charge in [-0.15, -0.1) is 0 Å². The Morgan fingerprint density at radius 2 is 1.74 bits per heavy atom. The molecule has 1 nitrogen and oxygen atoms in total. The van der Waals surface area contributed by atoms with Crippen LogP contribution in [0.4, 0.5) is 4.39 Å². The maximum absolute atomic E-state index is 13.9. The van der Waals surface area contributed by atoms with Crippen LogP contribution in [0.5, 0.6) is 0 Å². The van der Waals surface area contributed by atoms with E-state index in [2.05, 4.69) is 26.1 Å². The van der Waals surface area contributed by atoms with Crippen molar-refractivity contribution >= 4 is 10.8 Å². The maximum atomic E-state index is 13.9. The highest BCUT2D eigenvalue weighted by Gasteiger charge is 2.29. The first kappa shape index (κ1) is 14.0. The summed E-state index contributed by atoms with van der Waals surface area (Å²) in [6, 6.07) is 11.4. The zero-order valence-electron chi connectivity index (χ0n) is 12.1. The molecule has 0 aliphatic carbocycles. The summed E-state index contributed by atoms with van der Waals surface area (Å²) in [5.74, 6) is -0.150. The minimum Gasteiger partial charge on any atom is -0.313 e. The summed E-state index contributed by atoms with van der Waals surface area (Å²) in [6.07, 6.45) is 1.06. The number of benzene rings is 2. The van der Waals surface area contributed by atoms with E-state index in [9.17, 15) is 4.39 Å². The Kier molecular flexibility index (Phi) is 3.91. The lowest BCUT2D eigenvalue weighted by molar-refractivity contribution is 0.247. The smallest absolute Gasteiger partial charge is 0.131 e. The summed E-state index contributed by atoms with van der Waals surface area (Å²) in [5, 5.41) is 5.10. The Bertz CT molecular complexity index is 574. The molecule has 0 spiro atoms. The van der Waals surface area contributed by atoms with Gasteiger partial charge in [0, 0.05) is 11.4 Å². The van der Waals surface area contributed by atoms with Gasteiger partial charge in [0.15, 0.2) is 0 Å². The van der Waals surface area contributed by atoms with Crippen molar-refractivity contribution in [1.82, 2.24) is 5.32 Å². The molecule has 0 saturated heterocycles. The monoisotopic (exact) mass is 259 g/mol. The standard InChI is InChI=1S/C17H22FN/c1-5-17(2,3)16(19-4)14-10-11-15(18)13-9-7-6-8-12(13)14/h6-11,16,19H,5H2,1-4H3. The van der Waals surface area contributed by atoms with E-state index in [1.165, 1.54) is 5.56 Å². The Hall–Kier alpha value is -1.41. The molecule has 0 amide bonds. The highest BCUT2D eigenvalue weighted by atomic mass is 19.1. The molecule has 0 saturated carbocycles. The molecule has 102 valence electrons. The maximum Gasteiger partial charge on any atom is 0.131 e. The number of fused-ring (bicyclic) bond motifs is 1. The fourth-order valence-electron chi connectivity index (χ4n) is 2.71. The van der Waals surface area contributed by atoms with Crippen molar-refractivity contribution in [2.24, 2.45) is 5.41 Å². The predicted molar refractivity (Wildman–Crippen MR) is 79.8 cm³/mol. The summed E-state index contributed by atoms with van der Waals surface area (Å²) >= 11 is 0. The van der Waals surface area contributed by atoms with Crippen molar-refractivity contribution in [3.8, 4) is 0 Å². The molecule has 0 radical (unpaired) electrons. The second-order valence-electron chi connectivity index (χ2n) is 5.75. The third-order valence-corrected chi connectivity index (χ3v) is 4.20. The normalized spacial score (nSPS) is 13.7. The third kappa shape index (κ3) is 2.50. The van der Waals surface area contributed by atoms with Gasteiger partial charge in [-0.25, -0.2) is 4.39 Å². The summed E-state index contributed by atoms with van der Waals surface area (Å²) in [7, 11) is 1.97. The molecule has 2 aromatic carbocycles. The van der Waals surface area contributed by atoms with Gasteiger partial charge in [0.25, 0.3) is 0 Å². The minimum atomic E-state index is -0.150. The fraction of sp³-hybridized carbons (Fsp3) is 0.412. The van der Waals surface area contributed by atoms with Crippen molar-refractivity contribution in [1.29, 1.82) is 0 Å². The molecule has 19 heavy (non-hydrogen) atoms. The lowest BCUT2D eigenvalue weighted by Crippen LogP contribution is -2.31. The van der Waals surface area contributed by atoms with E-state index >= 15 is 0 Å². The van der Waals surface area contributed by atoms with Gasteiger partial charge >= 0.3 is 0 Å². The highest BCUT2D eigenvalue weighted by Crippen LogP contribution is 2.39. The van der Waals surface area contributed by atoms with Gasteiger partial charge in [-0.1, -0.05) is 51.1 Å². The lowest BCUT2D eigenvalue weighted by Gasteiger charge is -2.34. The van der Waals surface area contributed by atoms with E-state index < -0.39 is 0 Å². The second kappa shape index (κ2) is 5.30. The first-order chi connectivity index (χ1) is 9.01. The summed E-state index contributed by atoms with van der Waals surface area (Å²) < 4.78 is 13.9. The molecule has 0 fully saturated rings. The van der Waals surface area contributed by atoms with Gasteiger partial charge < -0.3 is 5.32 Å². The molecular weight excluding hydrogens is 237 g/mol. The topological polar surface area (TPSA) is 12.0 Å². The fourth-order valence-corrected chi connectivity index (χ4v) is 2.71. The molecule has 2 heteroatoms. The van der Waals surface area contributed by atoms with E-state index in [1.807, 2.05) is 37.4 Å². The first-order valence-corrected chi connectivity index (χ1v) is 6.85. The number of nitrogens with one attached hydrogen (secondary N) is 1. The van der Waals surface area contributed by atoms with Gasteiger partial charge in [-0.05, 0) is 35.9 Å². The van der Waals surface area contributed by atoms with Gasteiger partial charge in [-0.2, -0.15) is 0 Å².